The maximum absolute atomic E-state index is 12.0. The number of hydrogen-bond acceptors (Lipinski definition) is 3. The van der Waals surface area contributed by atoms with Crippen LogP contribution >= 0.6 is 0 Å². The molecule has 1 aliphatic rings. The predicted octanol–water partition coefficient (Wildman–Crippen LogP) is 2.33. The van der Waals surface area contributed by atoms with Gasteiger partial charge in [-0.3, -0.25) is 14.4 Å². The van der Waals surface area contributed by atoms with Crippen molar-refractivity contribution in [3.8, 4) is 0 Å². The Bertz CT molecular complexity index is 535. The molecule has 0 aromatic heterocycles. The summed E-state index contributed by atoms with van der Waals surface area (Å²) in [6.45, 7) is 1.48. The molecule has 1 aliphatic carbocycles. The van der Waals surface area contributed by atoms with E-state index in [1.807, 2.05) is 0 Å². The Balaban J connectivity index is 1.95. The van der Waals surface area contributed by atoms with Crippen molar-refractivity contribution in [3.05, 3.63) is 29.8 Å². The average molecular weight is 275 g/mol. The number of anilines is 1. The van der Waals surface area contributed by atoms with E-state index >= 15 is 0 Å². The second kappa shape index (κ2) is 5.86. The van der Waals surface area contributed by atoms with Gasteiger partial charge in [0, 0.05) is 17.2 Å². The maximum Gasteiger partial charge on any atom is 0.306 e. The highest BCUT2D eigenvalue weighted by molar-refractivity contribution is 5.96. The van der Waals surface area contributed by atoms with Crippen LogP contribution in [0.5, 0.6) is 0 Å². The normalized spacial score (nSPS) is 21.4. The number of benzene rings is 1. The number of carbonyl (C=O) groups is 3. The number of carbonyl (C=O) groups excluding carboxylic acids is 2. The van der Waals surface area contributed by atoms with Crippen molar-refractivity contribution in [2.45, 2.75) is 26.2 Å². The third-order valence-electron chi connectivity index (χ3n) is 3.71. The topological polar surface area (TPSA) is 83.5 Å². The zero-order valence-electron chi connectivity index (χ0n) is 11.3. The first-order valence-electron chi connectivity index (χ1n) is 6.62. The summed E-state index contributed by atoms with van der Waals surface area (Å²) in [5, 5.41) is 11.7. The molecule has 1 aromatic carbocycles. The van der Waals surface area contributed by atoms with Crippen LogP contribution in [0, 0.1) is 11.8 Å². The lowest BCUT2D eigenvalue weighted by atomic mass is 10.0. The third kappa shape index (κ3) is 3.23. The fraction of sp³-hybridized carbons (Fsp3) is 0.400. The first-order valence-corrected chi connectivity index (χ1v) is 6.62. The monoisotopic (exact) mass is 275 g/mol. The van der Waals surface area contributed by atoms with E-state index in [1.54, 1.807) is 24.3 Å². The molecule has 1 fully saturated rings. The number of amides is 1. The van der Waals surface area contributed by atoms with Gasteiger partial charge < -0.3 is 10.4 Å². The molecule has 106 valence electrons. The van der Waals surface area contributed by atoms with Crippen LogP contribution in [0.25, 0.3) is 0 Å². The number of aliphatic carboxylic acids is 1. The Hall–Kier alpha value is -2.17. The number of carboxylic acid groups (broad SMARTS) is 1. The van der Waals surface area contributed by atoms with Crippen LogP contribution in [0.15, 0.2) is 24.3 Å². The summed E-state index contributed by atoms with van der Waals surface area (Å²) in [5.41, 5.74) is 1.22. The van der Waals surface area contributed by atoms with Crippen LogP contribution in [0.2, 0.25) is 0 Å². The van der Waals surface area contributed by atoms with Gasteiger partial charge in [0.15, 0.2) is 5.78 Å². The van der Waals surface area contributed by atoms with Crippen molar-refractivity contribution in [2.75, 3.05) is 5.32 Å². The maximum atomic E-state index is 12.0. The molecule has 1 aromatic rings. The molecule has 1 saturated carbocycles. The highest BCUT2D eigenvalue weighted by Crippen LogP contribution is 2.31. The number of carboxylic acids is 1. The summed E-state index contributed by atoms with van der Waals surface area (Å²) >= 11 is 0. The number of Topliss-reactive ketones (excluding diaryl/α,β-unsaturated/α-hetero) is 1. The largest absolute Gasteiger partial charge is 0.481 e. The Morgan fingerprint density at radius 1 is 1.10 bits per heavy atom. The molecule has 2 N–H and O–H groups in total. The van der Waals surface area contributed by atoms with Crippen LogP contribution < -0.4 is 5.32 Å². The lowest BCUT2D eigenvalue weighted by Gasteiger charge is -2.11. The Morgan fingerprint density at radius 2 is 1.70 bits per heavy atom. The fourth-order valence-corrected chi connectivity index (χ4v) is 2.48. The molecule has 2 rings (SSSR count). The average Bonchev–Trinajstić information content (AvgIpc) is 2.89. The molecular weight excluding hydrogens is 258 g/mol. The minimum atomic E-state index is -0.828. The minimum Gasteiger partial charge on any atom is -0.481 e. The van der Waals surface area contributed by atoms with Gasteiger partial charge in [-0.15, -0.1) is 0 Å². The minimum absolute atomic E-state index is 0.0250. The van der Waals surface area contributed by atoms with Gasteiger partial charge in [0.1, 0.15) is 0 Å². The van der Waals surface area contributed by atoms with Gasteiger partial charge in [0.25, 0.3) is 0 Å². The summed E-state index contributed by atoms with van der Waals surface area (Å²) in [6.07, 6.45) is 1.55. The van der Waals surface area contributed by atoms with E-state index in [4.69, 9.17) is 5.11 Å². The zero-order valence-corrected chi connectivity index (χ0v) is 11.3. The van der Waals surface area contributed by atoms with E-state index in [2.05, 4.69) is 5.32 Å². The van der Waals surface area contributed by atoms with Crippen molar-refractivity contribution >= 4 is 23.3 Å². The molecule has 5 heteroatoms. The van der Waals surface area contributed by atoms with Crippen molar-refractivity contribution in [3.63, 3.8) is 0 Å². The number of rotatable bonds is 4. The molecule has 20 heavy (non-hydrogen) atoms. The highest BCUT2D eigenvalue weighted by Gasteiger charge is 2.33. The third-order valence-corrected chi connectivity index (χ3v) is 3.71. The zero-order chi connectivity index (χ0) is 14.7. The number of nitrogens with one attached hydrogen (secondary N) is 1. The van der Waals surface area contributed by atoms with Crippen molar-refractivity contribution in [1.82, 2.24) is 0 Å². The fourth-order valence-electron chi connectivity index (χ4n) is 2.48. The van der Waals surface area contributed by atoms with Gasteiger partial charge in [-0.1, -0.05) is 0 Å². The second-order valence-electron chi connectivity index (χ2n) is 5.17. The summed E-state index contributed by atoms with van der Waals surface area (Å²) in [6, 6.07) is 6.68. The van der Waals surface area contributed by atoms with Crippen LogP contribution in [0.3, 0.4) is 0 Å². The molecule has 0 bridgehead atoms. The first-order chi connectivity index (χ1) is 9.47. The molecule has 0 aliphatic heterocycles. The van der Waals surface area contributed by atoms with Gasteiger partial charge in [-0.05, 0) is 50.5 Å². The van der Waals surface area contributed by atoms with E-state index in [0.717, 1.165) is 0 Å². The van der Waals surface area contributed by atoms with Gasteiger partial charge in [-0.25, -0.2) is 0 Å². The SMILES string of the molecule is CC(=O)c1ccc(NC(=O)[C@H]2CC[C@@H](C(=O)O)C2)cc1. The standard InChI is InChI=1S/C15H17NO4/c1-9(17)10-4-6-13(7-5-10)16-14(18)11-2-3-12(8-11)15(19)20/h4-7,11-12H,2-3,8H2,1H3,(H,16,18)(H,19,20)/t11-,12+/m0/s1. The van der Waals surface area contributed by atoms with Gasteiger partial charge >= 0.3 is 5.97 Å². The summed E-state index contributed by atoms with van der Waals surface area (Å²) in [4.78, 5) is 34.0. The lowest BCUT2D eigenvalue weighted by molar-refractivity contribution is -0.141. The number of ketones is 1. The first kappa shape index (κ1) is 14.2. The molecule has 1 amide bonds. The lowest BCUT2D eigenvalue weighted by Crippen LogP contribution is -2.21. The Morgan fingerprint density at radius 3 is 2.20 bits per heavy atom. The van der Waals surface area contributed by atoms with E-state index in [9.17, 15) is 14.4 Å². The van der Waals surface area contributed by atoms with Crippen molar-refractivity contribution < 1.29 is 19.5 Å². The molecular formula is C15H17NO4. The van der Waals surface area contributed by atoms with Crippen LogP contribution in [0.1, 0.15) is 36.5 Å². The van der Waals surface area contributed by atoms with E-state index in [-0.39, 0.29) is 17.6 Å². The molecule has 0 spiro atoms. The summed E-state index contributed by atoms with van der Waals surface area (Å²) < 4.78 is 0. The Labute approximate surface area is 117 Å². The Kier molecular flexibility index (Phi) is 4.17. The number of hydrogen-bond donors (Lipinski definition) is 2. The summed E-state index contributed by atoms with van der Waals surface area (Å²) in [5.74, 6) is -1.66. The van der Waals surface area contributed by atoms with E-state index < -0.39 is 11.9 Å². The highest BCUT2D eigenvalue weighted by atomic mass is 16.4. The van der Waals surface area contributed by atoms with Gasteiger partial charge in [0.2, 0.25) is 5.91 Å². The van der Waals surface area contributed by atoms with Crippen molar-refractivity contribution in [1.29, 1.82) is 0 Å². The molecule has 0 unspecified atom stereocenters. The van der Waals surface area contributed by atoms with E-state index in [1.165, 1.54) is 6.92 Å². The van der Waals surface area contributed by atoms with Crippen LogP contribution in [-0.2, 0) is 9.59 Å². The molecule has 0 radical (unpaired) electrons. The quantitative estimate of drug-likeness (QED) is 0.826. The second-order valence-corrected chi connectivity index (χ2v) is 5.17. The van der Waals surface area contributed by atoms with Gasteiger partial charge in [-0.2, -0.15) is 0 Å². The summed E-state index contributed by atoms with van der Waals surface area (Å²) in [7, 11) is 0. The molecule has 0 heterocycles. The molecule has 2 atom stereocenters. The molecule has 0 saturated heterocycles. The van der Waals surface area contributed by atoms with E-state index in [0.29, 0.717) is 30.5 Å². The van der Waals surface area contributed by atoms with Crippen LogP contribution in [0.4, 0.5) is 5.69 Å². The smallest absolute Gasteiger partial charge is 0.306 e. The predicted molar refractivity (Wildman–Crippen MR) is 73.5 cm³/mol. The molecule has 5 nitrogen and oxygen atoms in total. The van der Waals surface area contributed by atoms with Crippen LogP contribution in [-0.4, -0.2) is 22.8 Å². The van der Waals surface area contributed by atoms with Crippen molar-refractivity contribution in [2.24, 2.45) is 11.8 Å². The van der Waals surface area contributed by atoms with Gasteiger partial charge in [0.05, 0.1) is 5.92 Å².